The van der Waals surface area contributed by atoms with Crippen LogP contribution in [0.25, 0.3) is 0 Å². The van der Waals surface area contributed by atoms with E-state index in [1.165, 1.54) is 5.69 Å². The number of aromatic nitrogens is 2. The highest BCUT2D eigenvalue weighted by atomic mass is 35.5. The van der Waals surface area contributed by atoms with Gasteiger partial charge in [0.25, 0.3) is 0 Å². The van der Waals surface area contributed by atoms with Crippen LogP contribution in [0.5, 0.6) is 11.5 Å². The van der Waals surface area contributed by atoms with Crippen LogP contribution in [0.1, 0.15) is 19.2 Å². The highest BCUT2D eigenvalue weighted by molar-refractivity contribution is 6.33. The molecule has 0 atom stereocenters. The first kappa shape index (κ1) is 23.9. The van der Waals surface area contributed by atoms with E-state index < -0.39 is 0 Å². The third-order valence-electron chi connectivity index (χ3n) is 6.15. The zero-order chi connectivity index (χ0) is 24.7. The van der Waals surface area contributed by atoms with E-state index in [1.54, 1.807) is 0 Å². The number of aryl methyl sites for hydroxylation is 1. The average molecular weight is 500 g/mol. The number of piperazine rings is 1. The lowest BCUT2D eigenvalue weighted by Gasteiger charge is -2.37. The summed E-state index contributed by atoms with van der Waals surface area (Å²) in [5, 5.41) is 4.05. The van der Waals surface area contributed by atoms with E-state index in [0.717, 1.165) is 73.7 Å². The lowest BCUT2D eigenvalue weighted by molar-refractivity contribution is 0.482. The number of hydrogen-bond acceptors (Lipinski definition) is 6. The molecule has 0 unspecified atom stereocenters. The molecule has 5 rings (SSSR count). The van der Waals surface area contributed by atoms with Crippen molar-refractivity contribution in [1.29, 1.82) is 0 Å². The fourth-order valence-corrected chi connectivity index (χ4v) is 4.47. The quantitative estimate of drug-likeness (QED) is 0.283. The van der Waals surface area contributed by atoms with Crippen LogP contribution >= 0.6 is 11.6 Å². The van der Waals surface area contributed by atoms with Crippen molar-refractivity contribution in [2.75, 3.05) is 41.3 Å². The molecule has 0 amide bonds. The van der Waals surface area contributed by atoms with Gasteiger partial charge >= 0.3 is 0 Å². The molecule has 0 bridgehead atoms. The van der Waals surface area contributed by atoms with Gasteiger partial charge in [-0.15, -0.1) is 0 Å². The summed E-state index contributed by atoms with van der Waals surface area (Å²) in [6.45, 7) is 5.75. The average Bonchev–Trinajstić information content (AvgIpc) is 2.91. The van der Waals surface area contributed by atoms with Crippen LogP contribution in [-0.4, -0.2) is 36.1 Å². The molecule has 0 saturated carbocycles. The van der Waals surface area contributed by atoms with Crippen molar-refractivity contribution in [2.45, 2.75) is 19.8 Å². The van der Waals surface area contributed by atoms with E-state index in [1.807, 2.05) is 72.8 Å². The third kappa shape index (κ3) is 5.89. The molecule has 36 heavy (non-hydrogen) atoms. The predicted octanol–water partition coefficient (Wildman–Crippen LogP) is 6.95. The molecule has 1 fully saturated rings. The van der Waals surface area contributed by atoms with Crippen molar-refractivity contribution in [1.82, 2.24) is 9.97 Å². The van der Waals surface area contributed by atoms with Crippen LogP contribution in [0.4, 0.5) is 23.0 Å². The monoisotopic (exact) mass is 499 g/mol. The lowest BCUT2D eigenvalue weighted by atomic mass is 10.2. The van der Waals surface area contributed by atoms with Gasteiger partial charge in [0.2, 0.25) is 0 Å². The molecule has 0 aliphatic carbocycles. The first-order chi connectivity index (χ1) is 17.7. The van der Waals surface area contributed by atoms with Gasteiger partial charge in [0, 0.05) is 44.4 Å². The molecular formula is C29H30ClN5O. The second-order valence-electron chi connectivity index (χ2n) is 8.77. The summed E-state index contributed by atoms with van der Waals surface area (Å²) in [4.78, 5) is 14.3. The lowest BCUT2D eigenvalue weighted by Crippen LogP contribution is -2.47. The van der Waals surface area contributed by atoms with Crippen molar-refractivity contribution in [2.24, 2.45) is 0 Å². The van der Waals surface area contributed by atoms with Crippen molar-refractivity contribution in [3.05, 3.63) is 95.8 Å². The molecule has 1 aliphatic heterocycles. The third-order valence-corrected chi connectivity index (χ3v) is 6.48. The summed E-state index contributed by atoms with van der Waals surface area (Å²) in [7, 11) is 0. The molecule has 1 aromatic heterocycles. The number of halogens is 1. The molecule has 0 radical (unpaired) electrons. The zero-order valence-electron chi connectivity index (χ0n) is 20.4. The first-order valence-corrected chi connectivity index (χ1v) is 12.8. The molecule has 4 aromatic rings. The second kappa shape index (κ2) is 11.3. The molecular weight excluding hydrogens is 470 g/mol. The Morgan fingerprint density at radius 3 is 2.19 bits per heavy atom. The van der Waals surface area contributed by atoms with E-state index in [9.17, 15) is 0 Å². The van der Waals surface area contributed by atoms with E-state index in [0.29, 0.717) is 5.02 Å². The fraction of sp³-hybridized carbons (Fsp3) is 0.241. The van der Waals surface area contributed by atoms with Gasteiger partial charge in [-0.1, -0.05) is 48.9 Å². The number of anilines is 4. The van der Waals surface area contributed by atoms with Crippen LogP contribution < -0.4 is 19.9 Å². The van der Waals surface area contributed by atoms with E-state index >= 15 is 0 Å². The first-order valence-electron chi connectivity index (χ1n) is 12.4. The maximum absolute atomic E-state index is 6.36. The minimum Gasteiger partial charge on any atom is -0.457 e. The van der Waals surface area contributed by atoms with Gasteiger partial charge in [0.05, 0.1) is 10.7 Å². The van der Waals surface area contributed by atoms with Gasteiger partial charge in [0.15, 0.2) is 0 Å². The topological polar surface area (TPSA) is 53.5 Å². The van der Waals surface area contributed by atoms with Crippen LogP contribution in [0.2, 0.25) is 5.02 Å². The van der Waals surface area contributed by atoms with Gasteiger partial charge in [-0.05, 0) is 55.0 Å². The Balaban J connectivity index is 1.25. The smallest absolute Gasteiger partial charge is 0.136 e. The maximum atomic E-state index is 6.36. The zero-order valence-corrected chi connectivity index (χ0v) is 21.2. The van der Waals surface area contributed by atoms with Crippen LogP contribution in [0.15, 0.2) is 84.9 Å². The van der Waals surface area contributed by atoms with Crippen LogP contribution in [0.3, 0.4) is 0 Å². The number of hydrogen-bond donors (Lipinski definition) is 1. The summed E-state index contributed by atoms with van der Waals surface area (Å²) < 4.78 is 5.93. The highest BCUT2D eigenvalue weighted by Crippen LogP contribution is 2.28. The largest absolute Gasteiger partial charge is 0.457 e. The van der Waals surface area contributed by atoms with Gasteiger partial charge < -0.3 is 19.9 Å². The van der Waals surface area contributed by atoms with E-state index in [4.69, 9.17) is 26.3 Å². The molecule has 2 heterocycles. The molecule has 6 nitrogen and oxygen atoms in total. The number of ether oxygens (including phenoxy) is 1. The summed E-state index contributed by atoms with van der Waals surface area (Å²) >= 11 is 6.36. The Morgan fingerprint density at radius 2 is 1.47 bits per heavy atom. The Morgan fingerprint density at radius 1 is 0.806 bits per heavy atom. The van der Waals surface area contributed by atoms with Crippen molar-refractivity contribution < 1.29 is 4.74 Å². The Kier molecular flexibility index (Phi) is 7.52. The van der Waals surface area contributed by atoms with Gasteiger partial charge in [-0.25, -0.2) is 9.97 Å². The minimum atomic E-state index is 0.670. The second-order valence-corrected chi connectivity index (χ2v) is 9.17. The predicted molar refractivity (Wildman–Crippen MR) is 148 cm³/mol. The Labute approximate surface area is 217 Å². The molecule has 1 aliphatic rings. The van der Waals surface area contributed by atoms with E-state index in [-0.39, 0.29) is 0 Å². The van der Waals surface area contributed by atoms with Crippen LogP contribution in [0, 0.1) is 0 Å². The molecule has 184 valence electrons. The molecule has 3 aromatic carbocycles. The summed E-state index contributed by atoms with van der Waals surface area (Å²) in [5.41, 5.74) is 2.04. The van der Waals surface area contributed by atoms with E-state index in [2.05, 4.69) is 34.2 Å². The summed E-state index contributed by atoms with van der Waals surface area (Å²) in [6.07, 6.45) is 1.83. The number of benzene rings is 3. The minimum absolute atomic E-state index is 0.670. The Hall–Kier alpha value is -3.77. The fourth-order valence-electron chi connectivity index (χ4n) is 4.29. The standard InChI is InChI=1S/C29H30ClN5O/c1-2-8-27-32-28(31-26-12-7-6-11-25(26)30)21-29(33-27)35-19-17-34(18-20-35)22-13-15-24(16-14-22)36-23-9-4-3-5-10-23/h3-7,9-16,21H,2,8,17-20H2,1H3,(H,31,32,33). The van der Waals surface area contributed by atoms with Crippen molar-refractivity contribution >= 4 is 34.6 Å². The maximum Gasteiger partial charge on any atom is 0.136 e. The van der Waals surface area contributed by atoms with Crippen LogP contribution in [-0.2, 0) is 6.42 Å². The van der Waals surface area contributed by atoms with Gasteiger partial charge in [-0.3, -0.25) is 0 Å². The SMILES string of the molecule is CCCc1nc(Nc2ccccc2Cl)cc(N2CCN(c3ccc(Oc4ccccc4)cc3)CC2)n1. The molecule has 1 saturated heterocycles. The summed E-state index contributed by atoms with van der Waals surface area (Å²) in [6, 6.07) is 27.9. The van der Waals surface area contributed by atoms with Crippen molar-refractivity contribution in [3.8, 4) is 11.5 Å². The molecule has 0 spiro atoms. The Bertz CT molecular complexity index is 1270. The number of nitrogens with one attached hydrogen (secondary N) is 1. The summed E-state index contributed by atoms with van der Waals surface area (Å²) in [5.74, 6) is 4.25. The number of para-hydroxylation sites is 2. The number of rotatable bonds is 8. The molecule has 1 N–H and O–H groups in total. The normalized spacial score (nSPS) is 13.5. The van der Waals surface area contributed by atoms with Gasteiger partial charge in [-0.2, -0.15) is 0 Å². The molecule has 7 heteroatoms. The van der Waals surface area contributed by atoms with Gasteiger partial charge in [0.1, 0.15) is 29.0 Å². The highest BCUT2D eigenvalue weighted by Gasteiger charge is 2.20. The van der Waals surface area contributed by atoms with Crippen molar-refractivity contribution in [3.63, 3.8) is 0 Å². The number of nitrogens with zero attached hydrogens (tertiary/aromatic N) is 4.